The molecular formula is C39H56N2O9S. The molecule has 0 fully saturated rings. The number of carbonyl (C=O) groups is 4. The Balaban J connectivity index is 0.00000213. The molecule has 3 rings (SSSR count). The lowest BCUT2D eigenvalue weighted by Crippen LogP contribution is -2.23. The molecule has 0 saturated heterocycles. The number of carbonyl (C=O) groups excluding carboxylic acids is 3. The number of carboxylic acids is 1. The van der Waals surface area contributed by atoms with Crippen LogP contribution in [0.25, 0.3) is 11.1 Å². The van der Waals surface area contributed by atoms with E-state index in [0.717, 1.165) is 66.5 Å². The molecule has 51 heavy (non-hydrogen) atoms. The summed E-state index contributed by atoms with van der Waals surface area (Å²) in [5.41, 5.74) is 5.31. The lowest BCUT2D eigenvalue weighted by atomic mass is 9.97. The monoisotopic (exact) mass is 728 g/mol. The maximum atomic E-state index is 12.6. The first-order chi connectivity index (χ1) is 24.6. The van der Waals surface area contributed by atoms with Gasteiger partial charge < -0.3 is 20.5 Å². The Hall–Kier alpha value is -4.06. The first-order valence-corrected chi connectivity index (χ1v) is 19.5. The number of nitrogens with one attached hydrogen (secondary N) is 2. The zero-order chi connectivity index (χ0) is 37.3. The highest BCUT2D eigenvalue weighted by atomic mass is 32.2. The number of hydrogen-bond acceptors (Lipinski definition) is 8. The van der Waals surface area contributed by atoms with Crippen LogP contribution in [0.3, 0.4) is 0 Å². The zero-order valence-electron chi connectivity index (χ0n) is 30.1. The van der Waals surface area contributed by atoms with E-state index in [4.69, 9.17) is 22.5 Å². The summed E-state index contributed by atoms with van der Waals surface area (Å²) in [5.74, 6) is -0.920. The topological polar surface area (TPSA) is 173 Å². The molecule has 0 radical (unpaired) electrons. The fourth-order valence-electron chi connectivity index (χ4n) is 6.40. The molecule has 1 aliphatic carbocycles. The summed E-state index contributed by atoms with van der Waals surface area (Å²) in [4.78, 5) is 46.5. The first-order valence-electron chi connectivity index (χ1n) is 18.5. The van der Waals surface area contributed by atoms with Crippen LogP contribution in [0.15, 0.2) is 42.5 Å². The molecule has 0 aliphatic heterocycles. The summed E-state index contributed by atoms with van der Waals surface area (Å²) in [6.07, 6.45) is 18.9. The van der Waals surface area contributed by atoms with Gasteiger partial charge in [0.15, 0.2) is 0 Å². The Kier molecular flexibility index (Phi) is 21.8. The number of carboxylic acid groups (broad SMARTS) is 1. The number of rotatable bonds is 25. The second kappa shape index (κ2) is 25.8. The lowest BCUT2D eigenvalue weighted by Gasteiger charge is -2.14. The van der Waals surface area contributed by atoms with Gasteiger partial charge in [-0.3, -0.25) is 19.2 Å². The third kappa shape index (κ3) is 19.2. The van der Waals surface area contributed by atoms with Crippen LogP contribution in [-0.4, -0.2) is 54.6 Å². The van der Waals surface area contributed by atoms with E-state index in [1.54, 1.807) is 0 Å². The van der Waals surface area contributed by atoms with Crippen LogP contribution >= 0.6 is 0 Å². The predicted molar refractivity (Wildman–Crippen MR) is 197 cm³/mol. The third-order valence-electron chi connectivity index (χ3n) is 8.99. The highest BCUT2D eigenvalue weighted by Crippen LogP contribution is 2.45. The van der Waals surface area contributed by atoms with Gasteiger partial charge in [-0.1, -0.05) is 107 Å². The average molecular weight is 729 g/mol. The van der Waals surface area contributed by atoms with Crippen LogP contribution in [-0.2, 0) is 34.5 Å². The van der Waals surface area contributed by atoms with Gasteiger partial charge in [0.25, 0.3) is 0 Å². The maximum absolute atomic E-state index is 12.6. The molecule has 0 bridgehead atoms. The van der Waals surface area contributed by atoms with E-state index >= 15 is 0 Å². The highest BCUT2D eigenvalue weighted by molar-refractivity contribution is 7.59. The molecular weight excluding hydrogens is 673 g/mol. The Morgan fingerprint density at radius 2 is 1.14 bits per heavy atom. The van der Waals surface area contributed by atoms with Crippen molar-refractivity contribution in [3.63, 3.8) is 0 Å². The van der Waals surface area contributed by atoms with Gasteiger partial charge in [-0.05, 0) is 60.1 Å². The van der Waals surface area contributed by atoms with Gasteiger partial charge in [-0.15, -0.1) is 12.6 Å². The van der Waals surface area contributed by atoms with Crippen molar-refractivity contribution in [3.8, 4) is 11.1 Å². The van der Waals surface area contributed by atoms with Crippen molar-refractivity contribution >= 4 is 40.0 Å². The Morgan fingerprint density at radius 1 is 0.647 bits per heavy atom. The van der Waals surface area contributed by atoms with E-state index in [0.29, 0.717) is 32.4 Å². The molecule has 0 aromatic heterocycles. The van der Waals surface area contributed by atoms with Gasteiger partial charge in [0, 0.05) is 44.3 Å². The molecule has 1 atom stereocenters. The molecule has 0 saturated carbocycles. The number of benzene rings is 2. The van der Waals surface area contributed by atoms with Gasteiger partial charge in [0.1, 0.15) is 6.61 Å². The Bertz CT molecular complexity index is 1490. The Morgan fingerprint density at radius 3 is 1.71 bits per heavy atom. The lowest BCUT2D eigenvalue weighted by molar-refractivity contribution is -0.141. The summed E-state index contributed by atoms with van der Waals surface area (Å²) in [6.45, 7) is 2.37. The van der Waals surface area contributed by atoms with Gasteiger partial charge in [-0.25, -0.2) is 0 Å². The second-order valence-corrected chi connectivity index (χ2v) is 13.6. The first kappa shape index (κ1) is 43.1. The number of esters is 1. The molecule has 2 amide bonds. The van der Waals surface area contributed by atoms with Gasteiger partial charge >= 0.3 is 22.5 Å². The minimum atomic E-state index is -3.11. The summed E-state index contributed by atoms with van der Waals surface area (Å²) >= 11 is 0. The van der Waals surface area contributed by atoms with E-state index in [2.05, 4.69) is 28.8 Å². The van der Waals surface area contributed by atoms with Crippen LogP contribution in [0.1, 0.15) is 146 Å². The quantitative estimate of drug-likeness (QED) is 0.0678. The van der Waals surface area contributed by atoms with Gasteiger partial charge in [-0.2, -0.15) is 0 Å². The molecule has 12 heteroatoms. The van der Waals surface area contributed by atoms with Gasteiger partial charge in [0.2, 0.25) is 11.8 Å². The van der Waals surface area contributed by atoms with Crippen LogP contribution < -0.4 is 10.6 Å². The molecule has 0 heterocycles. The number of hydrogen-bond donors (Lipinski definition) is 3. The zero-order valence-corrected chi connectivity index (χ0v) is 30.9. The van der Waals surface area contributed by atoms with E-state index in [9.17, 15) is 19.2 Å². The minimum Gasteiger partial charge on any atom is -0.481 e. The van der Waals surface area contributed by atoms with Crippen molar-refractivity contribution < 1.29 is 41.6 Å². The Labute approximate surface area is 304 Å². The number of unbranched alkanes of at least 4 members (excludes halogenated alkanes) is 14. The van der Waals surface area contributed by atoms with Crippen LogP contribution in [0.2, 0.25) is 0 Å². The molecule has 1 aliphatic rings. The fourth-order valence-corrected chi connectivity index (χ4v) is 6.40. The number of amides is 2. The van der Waals surface area contributed by atoms with Crippen molar-refractivity contribution in [2.45, 2.75) is 135 Å². The smallest absolute Gasteiger partial charge is 0.425 e. The normalized spacial score (nSPS) is 12.5. The van der Waals surface area contributed by atoms with E-state index < -0.39 is 16.6 Å². The molecule has 2 aromatic rings. The maximum Gasteiger partial charge on any atom is 0.425 e. The van der Waals surface area contributed by atoms with E-state index in [-0.39, 0.29) is 30.1 Å². The van der Waals surface area contributed by atoms with Crippen molar-refractivity contribution in [1.29, 1.82) is 0 Å². The van der Waals surface area contributed by atoms with Crippen molar-refractivity contribution in [3.05, 3.63) is 53.6 Å². The van der Waals surface area contributed by atoms with Crippen LogP contribution in [0.5, 0.6) is 0 Å². The van der Waals surface area contributed by atoms with E-state index in [1.165, 1.54) is 64.7 Å². The summed E-state index contributed by atoms with van der Waals surface area (Å²) in [7, 11) is -3.11. The average Bonchev–Trinajstić information content (AvgIpc) is 3.39. The fraction of sp³-hybridized carbons (Fsp3) is 0.590. The predicted octanol–water partition coefficient (Wildman–Crippen LogP) is 7.91. The number of fused-ring (bicyclic) bond motifs is 3. The summed E-state index contributed by atoms with van der Waals surface area (Å²) < 4.78 is 30.7. The molecule has 1 unspecified atom stereocenters. The summed E-state index contributed by atoms with van der Waals surface area (Å²) in [5, 5.41) is 14.6. The SMILES string of the molecule is CC(=O)OCC1c2ccccc2-c2ccc(NC(=O)CCCCCCCCCCCCCCCC(=O)NCCCCCC(=O)O)cc21.O=S(=O)=O. The number of anilines is 1. The van der Waals surface area contributed by atoms with Crippen LogP contribution in [0, 0.1) is 0 Å². The number of ether oxygens (including phenoxy) is 1. The molecule has 11 nitrogen and oxygen atoms in total. The number of aliphatic carboxylic acids is 1. The standard InChI is InChI=1S/C39H56N2O6.O3S/c1-30(42)47-29-36-33-21-18-17-20-32(33)34-26-25-31(28-35(34)36)41-38(44)23-15-12-10-8-6-4-2-3-5-7-9-11-14-22-37(43)40-27-19-13-16-24-39(45)46;1-4(2)3/h17-18,20-21,25-26,28,36H,2-16,19,22-24,27,29H2,1H3,(H,40,43)(H,41,44)(H,45,46);. The van der Waals surface area contributed by atoms with Gasteiger partial charge in [0.05, 0.1) is 0 Å². The molecule has 0 spiro atoms. The largest absolute Gasteiger partial charge is 0.481 e. The highest BCUT2D eigenvalue weighted by Gasteiger charge is 2.29. The second-order valence-electron chi connectivity index (χ2n) is 13.1. The summed E-state index contributed by atoms with van der Waals surface area (Å²) in [6, 6.07) is 14.2. The van der Waals surface area contributed by atoms with Crippen molar-refractivity contribution in [2.75, 3.05) is 18.5 Å². The van der Waals surface area contributed by atoms with Crippen molar-refractivity contribution in [2.24, 2.45) is 0 Å². The van der Waals surface area contributed by atoms with Crippen molar-refractivity contribution in [1.82, 2.24) is 5.32 Å². The minimum absolute atomic E-state index is 0.0274. The molecule has 282 valence electrons. The van der Waals surface area contributed by atoms with Crippen LogP contribution in [0.4, 0.5) is 5.69 Å². The van der Waals surface area contributed by atoms with E-state index in [1.807, 2.05) is 24.3 Å². The molecule has 2 aromatic carbocycles. The third-order valence-corrected chi connectivity index (χ3v) is 8.99. The molecule has 3 N–H and O–H groups in total.